The zero-order valence-corrected chi connectivity index (χ0v) is 7.45. The lowest BCUT2D eigenvalue weighted by Crippen LogP contribution is -2.21. The van der Waals surface area contributed by atoms with Crippen LogP contribution < -0.4 is 0 Å². The molecule has 12 heavy (non-hydrogen) atoms. The lowest BCUT2D eigenvalue weighted by Gasteiger charge is -2.07. The Bertz CT molecular complexity index is 254. The molecule has 64 valence electrons. The molecule has 0 saturated heterocycles. The Morgan fingerprint density at radius 1 is 1.25 bits per heavy atom. The van der Waals surface area contributed by atoms with Crippen LogP contribution in [0.2, 0.25) is 0 Å². The summed E-state index contributed by atoms with van der Waals surface area (Å²) in [7, 11) is 3.78. The first-order valence-electron chi connectivity index (χ1n) is 3.93. The molecular weight excluding hydrogens is 150 g/mol. The van der Waals surface area contributed by atoms with E-state index in [9.17, 15) is 4.79 Å². The average Bonchev–Trinajstić information content (AvgIpc) is 2.05. The maximum Gasteiger partial charge on any atom is 0.176 e. The number of hydrogen-bond donors (Lipinski definition) is 0. The summed E-state index contributed by atoms with van der Waals surface area (Å²) in [5.74, 6) is 0.167. The molecule has 1 aromatic rings. The molecule has 0 fully saturated rings. The van der Waals surface area contributed by atoms with Crippen LogP contribution >= 0.6 is 0 Å². The fourth-order valence-corrected chi connectivity index (χ4v) is 1.00. The van der Waals surface area contributed by atoms with E-state index in [0.29, 0.717) is 6.54 Å². The third kappa shape index (κ3) is 2.47. The van der Waals surface area contributed by atoms with Crippen molar-refractivity contribution in [3.8, 4) is 0 Å². The molecule has 2 nitrogen and oxygen atoms in total. The maximum absolute atomic E-state index is 11.4. The van der Waals surface area contributed by atoms with Crippen LogP contribution in [0.4, 0.5) is 0 Å². The summed E-state index contributed by atoms with van der Waals surface area (Å²) in [6, 6.07) is 9.34. The SMILES string of the molecule is CN(C)CC(=O)c1ccccc1. The van der Waals surface area contributed by atoms with E-state index in [1.165, 1.54) is 0 Å². The van der Waals surface area contributed by atoms with Gasteiger partial charge < -0.3 is 4.90 Å². The van der Waals surface area contributed by atoms with Gasteiger partial charge in [-0.05, 0) is 14.1 Å². The van der Waals surface area contributed by atoms with E-state index in [-0.39, 0.29) is 5.78 Å². The van der Waals surface area contributed by atoms with Crippen LogP contribution in [-0.4, -0.2) is 31.3 Å². The van der Waals surface area contributed by atoms with Crippen LogP contribution in [0, 0.1) is 0 Å². The predicted octanol–water partition coefficient (Wildman–Crippen LogP) is 1.43. The van der Waals surface area contributed by atoms with Crippen molar-refractivity contribution in [3.05, 3.63) is 35.9 Å². The first-order valence-corrected chi connectivity index (χ1v) is 3.93. The van der Waals surface area contributed by atoms with Crippen LogP contribution in [0.1, 0.15) is 10.4 Å². The van der Waals surface area contributed by atoms with Crippen LogP contribution in [0.5, 0.6) is 0 Å². The molecule has 0 aliphatic heterocycles. The van der Waals surface area contributed by atoms with Crippen LogP contribution in [0.25, 0.3) is 0 Å². The molecule has 0 N–H and O–H groups in total. The van der Waals surface area contributed by atoms with Crippen molar-refractivity contribution in [2.45, 2.75) is 0 Å². The minimum Gasteiger partial charge on any atom is -0.302 e. The Balaban J connectivity index is 2.66. The van der Waals surface area contributed by atoms with E-state index in [2.05, 4.69) is 0 Å². The minimum atomic E-state index is 0.167. The summed E-state index contributed by atoms with van der Waals surface area (Å²) in [6.07, 6.45) is 0. The highest BCUT2D eigenvalue weighted by molar-refractivity contribution is 5.97. The summed E-state index contributed by atoms with van der Waals surface area (Å²) in [5.41, 5.74) is 0.784. The molecule has 0 radical (unpaired) electrons. The number of nitrogens with zero attached hydrogens (tertiary/aromatic N) is 1. The molecule has 1 rings (SSSR count). The second-order valence-corrected chi connectivity index (χ2v) is 3.03. The Morgan fingerprint density at radius 2 is 1.83 bits per heavy atom. The molecule has 2 heteroatoms. The number of ketones is 1. The molecule has 0 amide bonds. The third-order valence-electron chi connectivity index (χ3n) is 1.56. The Hall–Kier alpha value is -1.15. The number of benzene rings is 1. The highest BCUT2D eigenvalue weighted by Gasteiger charge is 2.04. The Morgan fingerprint density at radius 3 is 2.33 bits per heavy atom. The Kier molecular flexibility index (Phi) is 3.00. The Labute approximate surface area is 72.8 Å². The number of rotatable bonds is 3. The van der Waals surface area contributed by atoms with Gasteiger partial charge in [0.2, 0.25) is 0 Å². The van der Waals surface area contributed by atoms with Crippen LogP contribution in [0.3, 0.4) is 0 Å². The third-order valence-corrected chi connectivity index (χ3v) is 1.56. The second-order valence-electron chi connectivity index (χ2n) is 3.03. The quantitative estimate of drug-likeness (QED) is 0.628. The fraction of sp³-hybridized carbons (Fsp3) is 0.300. The van der Waals surface area contributed by atoms with E-state index in [1.54, 1.807) is 0 Å². The number of hydrogen-bond acceptors (Lipinski definition) is 2. The van der Waals surface area contributed by atoms with Gasteiger partial charge in [0.25, 0.3) is 0 Å². The van der Waals surface area contributed by atoms with E-state index in [0.717, 1.165) is 5.56 Å². The molecule has 0 aliphatic rings. The maximum atomic E-state index is 11.4. The molecule has 0 saturated carbocycles. The smallest absolute Gasteiger partial charge is 0.176 e. The molecular formula is C10H13NO. The van der Waals surface area contributed by atoms with Crippen molar-refractivity contribution in [1.29, 1.82) is 0 Å². The zero-order valence-electron chi connectivity index (χ0n) is 7.45. The standard InChI is InChI=1S/C10H13NO/c1-11(2)8-10(12)9-6-4-3-5-7-9/h3-7H,8H2,1-2H3. The van der Waals surface area contributed by atoms with Crippen molar-refractivity contribution in [3.63, 3.8) is 0 Å². The van der Waals surface area contributed by atoms with Gasteiger partial charge in [0.1, 0.15) is 0 Å². The summed E-state index contributed by atoms with van der Waals surface area (Å²) < 4.78 is 0. The fourth-order valence-electron chi connectivity index (χ4n) is 1.00. The average molecular weight is 163 g/mol. The van der Waals surface area contributed by atoms with Gasteiger partial charge in [0.05, 0.1) is 6.54 Å². The topological polar surface area (TPSA) is 20.3 Å². The largest absolute Gasteiger partial charge is 0.302 e. The van der Waals surface area contributed by atoms with Crippen molar-refractivity contribution in [2.75, 3.05) is 20.6 Å². The molecule has 0 heterocycles. The number of likely N-dealkylation sites (N-methyl/N-ethyl adjacent to an activating group) is 1. The normalized spacial score (nSPS) is 10.2. The first kappa shape index (κ1) is 8.94. The summed E-state index contributed by atoms with van der Waals surface area (Å²) in [4.78, 5) is 13.3. The summed E-state index contributed by atoms with van der Waals surface area (Å²) >= 11 is 0. The van der Waals surface area contributed by atoms with Crippen LogP contribution in [0.15, 0.2) is 30.3 Å². The van der Waals surface area contributed by atoms with Gasteiger partial charge in [-0.15, -0.1) is 0 Å². The molecule has 0 unspecified atom stereocenters. The van der Waals surface area contributed by atoms with E-state index in [4.69, 9.17) is 0 Å². The van der Waals surface area contributed by atoms with Gasteiger partial charge in [-0.1, -0.05) is 30.3 Å². The predicted molar refractivity (Wildman–Crippen MR) is 49.3 cm³/mol. The van der Waals surface area contributed by atoms with E-state index in [1.807, 2.05) is 49.3 Å². The van der Waals surface area contributed by atoms with Gasteiger partial charge in [0.15, 0.2) is 5.78 Å². The molecule has 1 aromatic carbocycles. The lowest BCUT2D eigenvalue weighted by molar-refractivity contribution is 0.0958. The van der Waals surface area contributed by atoms with Crippen molar-refractivity contribution >= 4 is 5.78 Å². The summed E-state index contributed by atoms with van der Waals surface area (Å²) in [5, 5.41) is 0. The number of carbonyl (C=O) groups excluding carboxylic acids is 1. The number of carbonyl (C=O) groups is 1. The van der Waals surface area contributed by atoms with Crippen molar-refractivity contribution in [2.24, 2.45) is 0 Å². The van der Waals surface area contributed by atoms with Crippen LogP contribution in [-0.2, 0) is 0 Å². The van der Waals surface area contributed by atoms with Gasteiger partial charge in [-0.2, -0.15) is 0 Å². The molecule has 0 atom stereocenters. The summed E-state index contributed by atoms with van der Waals surface area (Å²) in [6.45, 7) is 0.476. The second kappa shape index (κ2) is 4.02. The van der Waals surface area contributed by atoms with Crippen molar-refractivity contribution < 1.29 is 4.79 Å². The molecule has 0 aromatic heterocycles. The zero-order chi connectivity index (χ0) is 8.97. The van der Waals surface area contributed by atoms with Gasteiger partial charge >= 0.3 is 0 Å². The van der Waals surface area contributed by atoms with Gasteiger partial charge in [-0.3, -0.25) is 4.79 Å². The van der Waals surface area contributed by atoms with Gasteiger partial charge in [-0.25, -0.2) is 0 Å². The minimum absolute atomic E-state index is 0.167. The first-order chi connectivity index (χ1) is 5.70. The van der Waals surface area contributed by atoms with Gasteiger partial charge in [0, 0.05) is 5.56 Å². The van der Waals surface area contributed by atoms with E-state index >= 15 is 0 Å². The van der Waals surface area contributed by atoms with E-state index < -0.39 is 0 Å². The monoisotopic (exact) mass is 163 g/mol. The molecule has 0 spiro atoms. The molecule has 0 bridgehead atoms. The highest BCUT2D eigenvalue weighted by Crippen LogP contribution is 1.99. The molecule has 0 aliphatic carbocycles. The highest BCUT2D eigenvalue weighted by atomic mass is 16.1. The number of Topliss-reactive ketones (excluding diaryl/α,β-unsaturated/α-hetero) is 1. The van der Waals surface area contributed by atoms with Crippen molar-refractivity contribution in [1.82, 2.24) is 4.90 Å². The lowest BCUT2D eigenvalue weighted by atomic mass is 10.1.